The van der Waals surface area contributed by atoms with Crippen molar-refractivity contribution in [2.45, 2.75) is 38.8 Å². The maximum Gasteiger partial charge on any atom is 0.234 e. The number of nitrogens with one attached hydrogen (secondary N) is 1. The molecule has 2 aromatic carbocycles. The van der Waals surface area contributed by atoms with Gasteiger partial charge in [0.2, 0.25) is 5.91 Å². The maximum absolute atomic E-state index is 13.0. The first kappa shape index (κ1) is 21.5. The molecule has 31 heavy (non-hydrogen) atoms. The molecule has 0 aromatic heterocycles. The minimum absolute atomic E-state index is 0.0336. The van der Waals surface area contributed by atoms with Crippen LogP contribution in [-0.4, -0.2) is 44.2 Å². The van der Waals surface area contributed by atoms with E-state index in [1.54, 1.807) is 7.11 Å². The lowest BCUT2D eigenvalue weighted by Crippen LogP contribution is -2.40. The number of nitrogens with zero attached hydrogens (tertiary/aromatic N) is 1. The summed E-state index contributed by atoms with van der Waals surface area (Å²) in [5, 5.41) is 3.25. The van der Waals surface area contributed by atoms with Crippen LogP contribution in [0.3, 0.4) is 0 Å². The fraction of sp³-hybridized carbons (Fsp3) is 0.480. The summed E-state index contributed by atoms with van der Waals surface area (Å²) in [4.78, 5) is 15.3. The summed E-state index contributed by atoms with van der Waals surface area (Å²) in [6, 6.07) is 14.3. The number of likely N-dealkylation sites (tertiary alicyclic amines) is 1. The van der Waals surface area contributed by atoms with E-state index in [4.69, 9.17) is 14.2 Å². The second-order valence-corrected chi connectivity index (χ2v) is 8.59. The molecule has 6 nitrogen and oxygen atoms in total. The molecule has 2 heterocycles. The van der Waals surface area contributed by atoms with Gasteiger partial charge < -0.3 is 19.5 Å². The standard InChI is InChI=1S/C25H32N2O4/c1-17(2)25(18-6-9-20(29-3)10-7-18)26-24(28)16-27-12-4-5-21(27)19-8-11-22-23(15-19)31-14-13-30-22/h6-11,15,17,21,25H,4-5,12-14,16H2,1-3H3,(H,26,28)/t21-,25-/m0/s1. The average molecular weight is 425 g/mol. The Morgan fingerprint density at radius 3 is 2.58 bits per heavy atom. The number of hydrogen-bond acceptors (Lipinski definition) is 5. The second kappa shape index (κ2) is 9.60. The first-order chi connectivity index (χ1) is 15.0. The van der Waals surface area contributed by atoms with E-state index in [9.17, 15) is 4.79 Å². The lowest BCUT2D eigenvalue weighted by atomic mass is 9.96. The molecule has 2 aromatic rings. The van der Waals surface area contributed by atoms with Gasteiger partial charge in [-0.3, -0.25) is 9.69 Å². The van der Waals surface area contributed by atoms with E-state index >= 15 is 0 Å². The quantitative estimate of drug-likeness (QED) is 0.725. The van der Waals surface area contributed by atoms with Crippen molar-refractivity contribution in [1.82, 2.24) is 10.2 Å². The zero-order valence-corrected chi connectivity index (χ0v) is 18.6. The molecule has 2 aliphatic rings. The van der Waals surface area contributed by atoms with Crippen molar-refractivity contribution in [2.75, 3.05) is 33.4 Å². The minimum atomic E-state index is -0.0336. The molecular formula is C25H32N2O4. The van der Waals surface area contributed by atoms with Gasteiger partial charge in [0.25, 0.3) is 0 Å². The maximum atomic E-state index is 13.0. The van der Waals surface area contributed by atoms with Gasteiger partial charge in [-0.15, -0.1) is 0 Å². The highest BCUT2D eigenvalue weighted by molar-refractivity contribution is 5.78. The number of rotatable bonds is 7. The van der Waals surface area contributed by atoms with E-state index in [-0.39, 0.29) is 23.9 Å². The molecule has 2 atom stereocenters. The molecular weight excluding hydrogens is 392 g/mol. The van der Waals surface area contributed by atoms with Crippen LogP contribution in [0, 0.1) is 5.92 Å². The summed E-state index contributed by atoms with van der Waals surface area (Å²) in [5.74, 6) is 2.76. The summed E-state index contributed by atoms with van der Waals surface area (Å²) in [6.07, 6.45) is 2.12. The number of benzene rings is 2. The van der Waals surface area contributed by atoms with Gasteiger partial charge in [-0.25, -0.2) is 0 Å². The SMILES string of the molecule is COc1ccc([C@@H](NC(=O)CN2CCC[C@H]2c2ccc3c(c2)OCCO3)C(C)C)cc1. The molecule has 0 radical (unpaired) electrons. The van der Waals surface area contributed by atoms with E-state index in [1.807, 2.05) is 30.3 Å². The zero-order valence-electron chi connectivity index (χ0n) is 18.6. The van der Waals surface area contributed by atoms with Gasteiger partial charge >= 0.3 is 0 Å². The summed E-state index contributed by atoms with van der Waals surface area (Å²) in [5.41, 5.74) is 2.28. The third-order valence-electron chi connectivity index (χ3n) is 6.12. The predicted octanol–water partition coefficient (Wildman–Crippen LogP) is 4.12. The van der Waals surface area contributed by atoms with Gasteiger partial charge in [0.05, 0.1) is 19.7 Å². The number of hydrogen-bond donors (Lipinski definition) is 1. The molecule has 166 valence electrons. The van der Waals surface area contributed by atoms with Crippen LogP contribution < -0.4 is 19.5 Å². The van der Waals surface area contributed by atoms with E-state index in [2.05, 4.69) is 36.2 Å². The van der Waals surface area contributed by atoms with Crippen LogP contribution in [0.1, 0.15) is 49.9 Å². The predicted molar refractivity (Wildman–Crippen MR) is 120 cm³/mol. The number of ether oxygens (including phenoxy) is 3. The van der Waals surface area contributed by atoms with Gasteiger partial charge in [-0.1, -0.05) is 32.0 Å². The van der Waals surface area contributed by atoms with Crippen LogP contribution in [-0.2, 0) is 4.79 Å². The third-order valence-corrected chi connectivity index (χ3v) is 6.12. The number of fused-ring (bicyclic) bond motifs is 1. The highest BCUT2D eigenvalue weighted by Gasteiger charge is 2.29. The molecule has 2 aliphatic heterocycles. The smallest absolute Gasteiger partial charge is 0.234 e. The fourth-order valence-corrected chi connectivity index (χ4v) is 4.51. The molecule has 1 amide bonds. The first-order valence-electron chi connectivity index (χ1n) is 11.1. The van der Waals surface area contributed by atoms with Gasteiger partial charge in [0.15, 0.2) is 11.5 Å². The molecule has 1 fully saturated rings. The van der Waals surface area contributed by atoms with Crippen LogP contribution in [0.2, 0.25) is 0 Å². The Balaban J connectivity index is 1.42. The van der Waals surface area contributed by atoms with Crippen LogP contribution in [0.5, 0.6) is 17.2 Å². The lowest BCUT2D eigenvalue weighted by Gasteiger charge is -2.28. The summed E-state index contributed by atoms with van der Waals surface area (Å²) in [7, 11) is 1.66. The topological polar surface area (TPSA) is 60.0 Å². The van der Waals surface area contributed by atoms with E-state index in [1.165, 1.54) is 5.56 Å². The Morgan fingerprint density at radius 2 is 1.87 bits per heavy atom. The average Bonchev–Trinajstić information content (AvgIpc) is 3.25. The minimum Gasteiger partial charge on any atom is -0.497 e. The molecule has 0 aliphatic carbocycles. The highest BCUT2D eigenvalue weighted by atomic mass is 16.6. The Bertz CT molecular complexity index is 897. The van der Waals surface area contributed by atoms with Crippen molar-refractivity contribution in [1.29, 1.82) is 0 Å². The van der Waals surface area contributed by atoms with Gasteiger partial charge in [-0.05, 0) is 60.7 Å². The number of carbonyl (C=O) groups excluding carboxylic acids is 1. The Morgan fingerprint density at radius 1 is 1.13 bits per heavy atom. The van der Waals surface area contributed by atoms with Crippen molar-refractivity contribution >= 4 is 5.91 Å². The molecule has 0 spiro atoms. The van der Waals surface area contributed by atoms with Crippen LogP contribution >= 0.6 is 0 Å². The largest absolute Gasteiger partial charge is 0.497 e. The van der Waals surface area contributed by atoms with Crippen molar-refractivity contribution in [2.24, 2.45) is 5.92 Å². The van der Waals surface area contributed by atoms with Crippen LogP contribution in [0.25, 0.3) is 0 Å². The fourth-order valence-electron chi connectivity index (χ4n) is 4.51. The lowest BCUT2D eigenvalue weighted by molar-refractivity contribution is -0.123. The zero-order chi connectivity index (χ0) is 21.8. The number of carbonyl (C=O) groups is 1. The number of methoxy groups -OCH3 is 1. The Kier molecular flexibility index (Phi) is 6.66. The molecule has 1 N–H and O–H groups in total. The van der Waals surface area contributed by atoms with E-state index < -0.39 is 0 Å². The first-order valence-corrected chi connectivity index (χ1v) is 11.1. The summed E-state index contributed by atoms with van der Waals surface area (Å²) in [6.45, 7) is 6.73. The van der Waals surface area contributed by atoms with Gasteiger partial charge in [-0.2, -0.15) is 0 Å². The van der Waals surface area contributed by atoms with Gasteiger partial charge in [0, 0.05) is 6.04 Å². The Labute approximate surface area is 184 Å². The summed E-state index contributed by atoms with van der Waals surface area (Å²) < 4.78 is 16.7. The van der Waals surface area contributed by atoms with Crippen molar-refractivity contribution in [3.63, 3.8) is 0 Å². The van der Waals surface area contributed by atoms with Crippen LogP contribution in [0.15, 0.2) is 42.5 Å². The summed E-state index contributed by atoms with van der Waals surface area (Å²) >= 11 is 0. The normalized spacial score (nSPS) is 19.3. The van der Waals surface area contributed by atoms with Crippen molar-refractivity contribution < 1.29 is 19.0 Å². The van der Waals surface area contributed by atoms with Gasteiger partial charge in [0.1, 0.15) is 19.0 Å². The molecule has 0 saturated carbocycles. The molecule has 6 heteroatoms. The molecule has 4 rings (SSSR count). The molecule has 0 bridgehead atoms. The number of amides is 1. The van der Waals surface area contributed by atoms with E-state index in [0.29, 0.717) is 19.8 Å². The second-order valence-electron chi connectivity index (χ2n) is 8.59. The molecule has 1 saturated heterocycles. The van der Waals surface area contributed by atoms with Crippen molar-refractivity contribution in [3.05, 3.63) is 53.6 Å². The highest BCUT2D eigenvalue weighted by Crippen LogP contribution is 2.38. The monoisotopic (exact) mass is 424 g/mol. The Hall–Kier alpha value is -2.73. The molecule has 0 unspecified atom stereocenters. The third kappa shape index (κ3) is 4.96. The van der Waals surface area contributed by atoms with Crippen molar-refractivity contribution in [3.8, 4) is 17.2 Å². The van der Waals surface area contributed by atoms with E-state index in [0.717, 1.165) is 42.2 Å². The van der Waals surface area contributed by atoms with Crippen LogP contribution in [0.4, 0.5) is 0 Å².